The van der Waals surface area contributed by atoms with Gasteiger partial charge in [-0.1, -0.05) is 6.07 Å². The Morgan fingerprint density at radius 2 is 2.14 bits per heavy atom. The van der Waals surface area contributed by atoms with Crippen molar-refractivity contribution in [3.63, 3.8) is 0 Å². The summed E-state index contributed by atoms with van der Waals surface area (Å²) in [7, 11) is 1.75. The highest BCUT2D eigenvalue weighted by molar-refractivity contribution is 5.92. The van der Waals surface area contributed by atoms with Crippen molar-refractivity contribution in [3.05, 3.63) is 23.9 Å². The number of nitrogens with two attached hydrogens (primary N) is 1. The molecule has 2 N–H and O–H groups in total. The number of carbonyl (C=O) groups excluding carboxylic acids is 1. The molecule has 0 bridgehead atoms. The highest BCUT2D eigenvalue weighted by Gasteiger charge is 2.15. The van der Waals surface area contributed by atoms with Crippen LogP contribution >= 0.6 is 0 Å². The number of hydrogen-bond acceptors (Lipinski definition) is 3. The van der Waals surface area contributed by atoms with Crippen LogP contribution < -0.4 is 5.73 Å². The third-order valence-electron chi connectivity index (χ3n) is 2.08. The molecule has 1 aromatic rings. The first-order valence-corrected chi connectivity index (χ1v) is 4.52. The molecular weight excluding hydrogens is 178 g/mol. The molecule has 0 saturated heterocycles. The standard InChI is InChI=1S/C10H15N3O/c1-7(2)13(3)10(14)8-5-4-6-9(11)12-8/h4-7H,1-3H3,(H2,11,12). The summed E-state index contributed by atoms with van der Waals surface area (Å²) in [4.78, 5) is 17.3. The molecule has 0 aliphatic carbocycles. The lowest BCUT2D eigenvalue weighted by Crippen LogP contribution is -2.33. The summed E-state index contributed by atoms with van der Waals surface area (Å²) in [5.74, 6) is 0.264. The summed E-state index contributed by atoms with van der Waals surface area (Å²) in [5.41, 5.74) is 5.88. The Balaban J connectivity index is 2.89. The van der Waals surface area contributed by atoms with E-state index in [1.54, 1.807) is 30.1 Å². The van der Waals surface area contributed by atoms with Crippen LogP contribution in [0, 0.1) is 0 Å². The summed E-state index contributed by atoms with van der Waals surface area (Å²) in [6, 6.07) is 5.21. The van der Waals surface area contributed by atoms with Crippen LogP contribution in [-0.2, 0) is 0 Å². The zero-order valence-corrected chi connectivity index (χ0v) is 8.69. The maximum absolute atomic E-state index is 11.7. The SMILES string of the molecule is CC(C)N(C)C(=O)c1cccc(N)n1. The van der Waals surface area contributed by atoms with E-state index >= 15 is 0 Å². The van der Waals surface area contributed by atoms with Gasteiger partial charge in [-0.05, 0) is 26.0 Å². The number of nitrogens with zero attached hydrogens (tertiary/aromatic N) is 2. The van der Waals surface area contributed by atoms with E-state index in [4.69, 9.17) is 5.73 Å². The van der Waals surface area contributed by atoms with Crippen LogP contribution in [-0.4, -0.2) is 28.9 Å². The molecule has 4 heteroatoms. The van der Waals surface area contributed by atoms with Crippen molar-refractivity contribution in [2.24, 2.45) is 0 Å². The minimum absolute atomic E-state index is 0.104. The number of rotatable bonds is 2. The molecule has 0 saturated carbocycles. The summed E-state index contributed by atoms with van der Waals surface area (Å²) >= 11 is 0. The van der Waals surface area contributed by atoms with Crippen molar-refractivity contribution in [2.45, 2.75) is 19.9 Å². The average molecular weight is 193 g/mol. The Bertz CT molecular complexity index is 336. The monoisotopic (exact) mass is 193 g/mol. The number of hydrogen-bond donors (Lipinski definition) is 1. The number of anilines is 1. The molecule has 0 spiro atoms. The second kappa shape index (κ2) is 4.09. The molecule has 0 aliphatic rings. The van der Waals surface area contributed by atoms with Crippen LogP contribution in [0.25, 0.3) is 0 Å². The number of nitrogen functional groups attached to an aromatic ring is 1. The van der Waals surface area contributed by atoms with Gasteiger partial charge in [-0.2, -0.15) is 0 Å². The van der Waals surface area contributed by atoms with Gasteiger partial charge in [0.05, 0.1) is 0 Å². The molecule has 14 heavy (non-hydrogen) atoms. The fraction of sp³-hybridized carbons (Fsp3) is 0.400. The highest BCUT2D eigenvalue weighted by atomic mass is 16.2. The van der Waals surface area contributed by atoms with E-state index in [1.807, 2.05) is 13.8 Å². The summed E-state index contributed by atoms with van der Waals surface area (Å²) in [6.07, 6.45) is 0. The number of carbonyl (C=O) groups is 1. The Morgan fingerprint density at radius 1 is 1.50 bits per heavy atom. The summed E-state index contributed by atoms with van der Waals surface area (Å²) in [6.45, 7) is 3.90. The van der Waals surface area contributed by atoms with Gasteiger partial charge in [0, 0.05) is 13.1 Å². The van der Waals surface area contributed by atoms with Gasteiger partial charge in [-0.3, -0.25) is 4.79 Å². The smallest absolute Gasteiger partial charge is 0.272 e. The first kappa shape index (κ1) is 10.5. The molecule has 76 valence electrons. The molecular formula is C10H15N3O. The van der Waals surface area contributed by atoms with Crippen LogP contribution in [0.4, 0.5) is 5.82 Å². The fourth-order valence-electron chi connectivity index (χ4n) is 0.986. The predicted molar refractivity (Wildman–Crippen MR) is 55.9 cm³/mol. The van der Waals surface area contributed by atoms with Gasteiger partial charge in [0.15, 0.2) is 0 Å². The molecule has 0 atom stereocenters. The zero-order chi connectivity index (χ0) is 10.7. The van der Waals surface area contributed by atoms with Crippen LogP contribution in [0.15, 0.2) is 18.2 Å². The van der Waals surface area contributed by atoms with Crippen molar-refractivity contribution >= 4 is 11.7 Å². The third-order valence-corrected chi connectivity index (χ3v) is 2.08. The van der Waals surface area contributed by atoms with E-state index in [2.05, 4.69) is 4.98 Å². The van der Waals surface area contributed by atoms with Crippen molar-refractivity contribution in [1.82, 2.24) is 9.88 Å². The van der Waals surface area contributed by atoms with E-state index in [-0.39, 0.29) is 11.9 Å². The Hall–Kier alpha value is -1.58. The van der Waals surface area contributed by atoms with E-state index in [1.165, 1.54) is 0 Å². The van der Waals surface area contributed by atoms with Gasteiger partial charge in [-0.15, -0.1) is 0 Å². The molecule has 0 unspecified atom stereocenters. The van der Waals surface area contributed by atoms with E-state index in [0.29, 0.717) is 11.5 Å². The van der Waals surface area contributed by atoms with Crippen molar-refractivity contribution in [1.29, 1.82) is 0 Å². The van der Waals surface area contributed by atoms with Crippen LogP contribution in [0.1, 0.15) is 24.3 Å². The molecule has 1 rings (SSSR count). The molecule has 0 radical (unpaired) electrons. The fourth-order valence-corrected chi connectivity index (χ4v) is 0.986. The van der Waals surface area contributed by atoms with Gasteiger partial charge in [0.1, 0.15) is 11.5 Å². The minimum Gasteiger partial charge on any atom is -0.384 e. The lowest BCUT2D eigenvalue weighted by molar-refractivity contribution is 0.0749. The number of amides is 1. The normalized spacial score (nSPS) is 10.3. The highest BCUT2D eigenvalue weighted by Crippen LogP contribution is 2.05. The lowest BCUT2D eigenvalue weighted by atomic mass is 10.2. The number of pyridine rings is 1. The van der Waals surface area contributed by atoms with Crippen molar-refractivity contribution in [2.75, 3.05) is 12.8 Å². The van der Waals surface area contributed by atoms with Gasteiger partial charge in [0.2, 0.25) is 0 Å². The topological polar surface area (TPSA) is 59.2 Å². The van der Waals surface area contributed by atoms with Crippen LogP contribution in [0.5, 0.6) is 0 Å². The Kier molecular flexibility index (Phi) is 3.06. The van der Waals surface area contributed by atoms with Crippen LogP contribution in [0.3, 0.4) is 0 Å². The largest absolute Gasteiger partial charge is 0.384 e. The average Bonchev–Trinajstić information content (AvgIpc) is 2.15. The second-order valence-corrected chi connectivity index (χ2v) is 3.46. The van der Waals surface area contributed by atoms with Crippen molar-refractivity contribution in [3.8, 4) is 0 Å². The van der Waals surface area contributed by atoms with E-state index < -0.39 is 0 Å². The zero-order valence-electron chi connectivity index (χ0n) is 8.69. The van der Waals surface area contributed by atoms with E-state index in [9.17, 15) is 4.79 Å². The summed E-state index contributed by atoms with van der Waals surface area (Å²) in [5, 5.41) is 0. The van der Waals surface area contributed by atoms with E-state index in [0.717, 1.165) is 0 Å². The molecule has 0 aromatic carbocycles. The first-order valence-electron chi connectivity index (χ1n) is 4.52. The molecule has 4 nitrogen and oxygen atoms in total. The minimum atomic E-state index is -0.104. The van der Waals surface area contributed by atoms with Gasteiger partial charge >= 0.3 is 0 Å². The molecule has 1 aromatic heterocycles. The Morgan fingerprint density at radius 3 is 2.64 bits per heavy atom. The Labute approximate surface area is 83.7 Å². The molecule has 0 fully saturated rings. The first-order chi connectivity index (χ1) is 6.52. The predicted octanol–water partition coefficient (Wildman–Crippen LogP) is 1.14. The van der Waals surface area contributed by atoms with Gasteiger partial charge < -0.3 is 10.6 Å². The van der Waals surface area contributed by atoms with Gasteiger partial charge in [-0.25, -0.2) is 4.98 Å². The van der Waals surface area contributed by atoms with Gasteiger partial charge in [0.25, 0.3) is 5.91 Å². The third kappa shape index (κ3) is 2.22. The lowest BCUT2D eigenvalue weighted by Gasteiger charge is -2.20. The second-order valence-electron chi connectivity index (χ2n) is 3.46. The molecule has 0 aliphatic heterocycles. The quantitative estimate of drug-likeness (QED) is 0.766. The van der Waals surface area contributed by atoms with Crippen molar-refractivity contribution < 1.29 is 4.79 Å². The molecule has 1 heterocycles. The maximum atomic E-state index is 11.7. The summed E-state index contributed by atoms with van der Waals surface area (Å²) < 4.78 is 0. The van der Waals surface area contributed by atoms with Crippen LogP contribution in [0.2, 0.25) is 0 Å². The maximum Gasteiger partial charge on any atom is 0.272 e. The number of aromatic nitrogens is 1. The molecule has 1 amide bonds.